The van der Waals surface area contributed by atoms with Crippen LogP contribution in [0.25, 0.3) is 0 Å². The molecule has 1 heterocycles. The lowest BCUT2D eigenvalue weighted by molar-refractivity contribution is 0.611. The fourth-order valence-corrected chi connectivity index (χ4v) is 3.34. The van der Waals surface area contributed by atoms with E-state index in [4.69, 9.17) is 10.7 Å². The van der Waals surface area contributed by atoms with Gasteiger partial charge >= 0.3 is 0 Å². The SMILES string of the molecule is CC(C)Cc1ccc(S(=O)(=O)Cl)s1. The zero-order valence-electron chi connectivity index (χ0n) is 7.45. The van der Waals surface area contributed by atoms with Crippen molar-refractivity contribution in [3.63, 3.8) is 0 Å². The average molecular weight is 239 g/mol. The molecule has 0 saturated carbocycles. The van der Waals surface area contributed by atoms with Crippen LogP contribution in [0, 0.1) is 5.92 Å². The minimum absolute atomic E-state index is 0.241. The van der Waals surface area contributed by atoms with Crippen LogP contribution < -0.4 is 0 Å². The summed E-state index contributed by atoms with van der Waals surface area (Å²) < 4.78 is 22.1. The summed E-state index contributed by atoms with van der Waals surface area (Å²) >= 11 is 1.25. The second-order valence-electron chi connectivity index (χ2n) is 3.26. The Morgan fingerprint density at radius 2 is 2.08 bits per heavy atom. The predicted octanol–water partition coefficient (Wildman–Crippen LogP) is 2.87. The third kappa shape index (κ3) is 3.29. The number of hydrogen-bond acceptors (Lipinski definition) is 3. The van der Waals surface area contributed by atoms with E-state index >= 15 is 0 Å². The van der Waals surface area contributed by atoms with Crippen LogP contribution in [0.15, 0.2) is 16.3 Å². The van der Waals surface area contributed by atoms with E-state index < -0.39 is 9.05 Å². The van der Waals surface area contributed by atoms with Crippen molar-refractivity contribution in [3.8, 4) is 0 Å². The first-order chi connectivity index (χ1) is 5.89. The maximum absolute atomic E-state index is 10.9. The van der Waals surface area contributed by atoms with E-state index in [-0.39, 0.29) is 4.21 Å². The summed E-state index contributed by atoms with van der Waals surface area (Å²) in [5, 5.41) is 0. The highest BCUT2D eigenvalue weighted by atomic mass is 35.7. The molecule has 0 aliphatic carbocycles. The van der Waals surface area contributed by atoms with Gasteiger partial charge < -0.3 is 0 Å². The Kier molecular flexibility index (Phi) is 3.38. The molecule has 0 spiro atoms. The molecule has 74 valence electrons. The summed E-state index contributed by atoms with van der Waals surface area (Å²) in [5.74, 6) is 0.532. The molecule has 0 amide bonds. The van der Waals surface area contributed by atoms with Gasteiger partial charge in [-0.3, -0.25) is 0 Å². The van der Waals surface area contributed by atoms with Crippen molar-refractivity contribution in [3.05, 3.63) is 17.0 Å². The van der Waals surface area contributed by atoms with Crippen molar-refractivity contribution in [1.29, 1.82) is 0 Å². The largest absolute Gasteiger partial charge is 0.270 e. The van der Waals surface area contributed by atoms with Crippen LogP contribution in [0.3, 0.4) is 0 Å². The fraction of sp³-hybridized carbons (Fsp3) is 0.500. The predicted molar refractivity (Wildman–Crippen MR) is 55.9 cm³/mol. The Balaban J connectivity index is 2.88. The molecule has 1 aromatic rings. The van der Waals surface area contributed by atoms with Crippen molar-refractivity contribution in [2.45, 2.75) is 24.5 Å². The van der Waals surface area contributed by atoms with Gasteiger partial charge in [0.2, 0.25) is 0 Å². The molecule has 0 radical (unpaired) electrons. The molecule has 0 atom stereocenters. The summed E-state index contributed by atoms with van der Waals surface area (Å²) in [7, 11) is 1.66. The molecule has 0 aliphatic rings. The van der Waals surface area contributed by atoms with Crippen LogP contribution in [0.1, 0.15) is 18.7 Å². The van der Waals surface area contributed by atoms with Gasteiger partial charge in [-0.05, 0) is 24.5 Å². The van der Waals surface area contributed by atoms with Gasteiger partial charge in [-0.1, -0.05) is 13.8 Å². The van der Waals surface area contributed by atoms with E-state index in [1.165, 1.54) is 11.3 Å². The third-order valence-electron chi connectivity index (χ3n) is 1.49. The molecule has 1 rings (SSSR count). The highest BCUT2D eigenvalue weighted by molar-refractivity contribution is 8.15. The molecular formula is C8H11ClO2S2. The number of thiophene rings is 1. The molecule has 0 aromatic carbocycles. The fourth-order valence-electron chi connectivity index (χ4n) is 1.00. The standard InChI is InChI=1S/C8H11ClO2S2/c1-6(2)5-7-3-4-8(12-7)13(9,10)11/h3-4,6H,5H2,1-2H3. The first-order valence-corrected chi connectivity index (χ1v) is 7.05. The third-order valence-corrected chi connectivity index (χ3v) is 4.69. The van der Waals surface area contributed by atoms with Gasteiger partial charge in [-0.2, -0.15) is 0 Å². The topological polar surface area (TPSA) is 34.1 Å². The molecule has 0 aliphatic heterocycles. The summed E-state index contributed by atoms with van der Waals surface area (Å²) in [4.78, 5) is 1.06. The maximum Gasteiger partial charge on any atom is 0.270 e. The van der Waals surface area contributed by atoms with E-state index in [0.29, 0.717) is 5.92 Å². The second-order valence-corrected chi connectivity index (χ2v) is 7.22. The highest BCUT2D eigenvalue weighted by Crippen LogP contribution is 2.26. The molecule has 5 heteroatoms. The normalized spacial score (nSPS) is 12.3. The maximum atomic E-state index is 10.9. The molecule has 0 N–H and O–H groups in total. The van der Waals surface area contributed by atoms with Crippen LogP contribution in [0.4, 0.5) is 0 Å². The molecular weight excluding hydrogens is 228 g/mol. The molecule has 0 saturated heterocycles. The lowest BCUT2D eigenvalue weighted by Crippen LogP contribution is -1.89. The smallest absolute Gasteiger partial charge is 0.206 e. The van der Waals surface area contributed by atoms with Crippen LogP contribution in [0.2, 0.25) is 0 Å². The van der Waals surface area contributed by atoms with Crippen LogP contribution in [0.5, 0.6) is 0 Å². The van der Waals surface area contributed by atoms with E-state index in [0.717, 1.165) is 11.3 Å². The molecule has 13 heavy (non-hydrogen) atoms. The van der Waals surface area contributed by atoms with Crippen molar-refractivity contribution >= 4 is 31.1 Å². The number of halogens is 1. The number of hydrogen-bond donors (Lipinski definition) is 0. The lowest BCUT2D eigenvalue weighted by Gasteiger charge is -1.99. The van der Waals surface area contributed by atoms with Gasteiger partial charge in [-0.15, -0.1) is 11.3 Å². The summed E-state index contributed by atoms with van der Waals surface area (Å²) in [6, 6.07) is 3.38. The molecule has 1 aromatic heterocycles. The molecule has 0 bridgehead atoms. The average Bonchev–Trinajstić information content (AvgIpc) is 2.32. The Labute approximate surface area is 87.0 Å². The Morgan fingerprint density at radius 1 is 1.46 bits per heavy atom. The minimum atomic E-state index is -3.53. The van der Waals surface area contributed by atoms with Crippen LogP contribution in [-0.2, 0) is 15.5 Å². The summed E-state index contributed by atoms with van der Waals surface area (Å²) in [6.45, 7) is 4.18. The Morgan fingerprint density at radius 3 is 2.46 bits per heavy atom. The number of rotatable bonds is 3. The zero-order valence-corrected chi connectivity index (χ0v) is 9.84. The van der Waals surface area contributed by atoms with Crippen LogP contribution in [-0.4, -0.2) is 8.42 Å². The summed E-state index contributed by atoms with van der Waals surface area (Å²) in [5.41, 5.74) is 0. The molecule has 0 unspecified atom stereocenters. The second kappa shape index (κ2) is 3.98. The first kappa shape index (κ1) is 11.0. The zero-order chi connectivity index (χ0) is 10.1. The Hall–Kier alpha value is -0.0600. The molecule has 0 fully saturated rings. The van der Waals surface area contributed by atoms with Crippen molar-refractivity contribution in [2.24, 2.45) is 5.92 Å². The highest BCUT2D eigenvalue weighted by Gasteiger charge is 2.13. The Bertz CT molecular complexity index is 379. The van der Waals surface area contributed by atoms with Crippen molar-refractivity contribution in [2.75, 3.05) is 0 Å². The van der Waals surface area contributed by atoms with Gasteiger partial charge in [0.15, 0.2) is 0 Å². The van der Waals surface area contributed by atoms with E-state index in [1.807, 2.05) is 6.07 Å². The van der Waals surface area contributed by atoms with Crippen LogP contribution >= 0.6 is 22.0 Å². The summed E-state index contributed by atoms with van der Waals surface area (Å²) in [6.07, 6.45) is 0.900. The quantitative estimate of drug-likeness (QED) is 0.759. The molecule has 2 nitrogen and oxygen atoms in total. The van der Waals surface area contributed by atoms with Gasteiger partial charge in [0.05, 0.1) is 0 Å². The monoisotopic (exact) mass is 238 g/mol. The first-order valence-electron chi connectivity index (χ1n) is 3.93. The minimum Gasteiger partial charge on any atom is -0.206 e. The van der Waals surface area contributed by atoms with Gasteiger partial charge in [0.1, 0.15) is 4.21 Å². The van der Waals surface area contributed by atoms with Gasteiger partial charge in [0.25, 0.3) is 9.05 Å². The lowest BCUT2D eigenvalue weighted by atomic mass is 10.1. The van der Waals surface area contributed by atoms with Gasteiger partial charge in [0, 0.05) is 15.6 Å². The van der Waals surface area contributed by atoms with Crippen molar-refractivity contribution < 1.29 is 8.42 Å². The van der Waals surface area contributed by atoms with E-state index in [1.54, 1.807) is 6.07 Å². The van der Waals surface area contributed by atoms with E-state index in [9.17, 15) is 8.42 Å². The van der Waals surface area contributed by atoms with E-state index in [2.05, 4.69) is 13.8 Å². The van der Waals surface area contributed by atoms with Crippen molar-refractivity contribution in [1.82, 2.24) is 0 Å². The van der Waals surface area contributed by atoms with Gasteiger partial charge in [-0.25, -0.2) is 8.42 Å².